The molecule has 1 N–H and O–H groups in total. The van der Waals surface area contributed by atoms with Gasteiger partial charge in [0.1, 0.15) is 5.76 Å². The summed E-state index contributed by atoms with van der Waals surface area (Å²) in [6.07, 6.45) is 3.78. The van der Waals surface area contributed by atoms with Crippen molar-refractivity contribution in [3.8, 4) is 0 Å². The van der Waals surface area contributed by atoms with Gasteiger partial charge in [-0.15, -0.1) is 11.3 Å². The second-order valence-electron chi connectivity index (χ2n) is 5.35. The van der Waals surface area contributed by atoms with E-state index in [-0.39, 0.29) is 12.1 Å². The van der Waals surface area contributed by atoms with Gasteiger partial charge in [0.2, 0.25) is 0 Å². The van der Waals surface area contributed by atoms with Gasteiger partial charge < -0.3 is 14.6 Å². The first-order chi connectivity index (χ1) is 10.2. The number of aromatic nitrogens is 1. The molecule has 0 spiro atoms. The van der Waals surface area contributed by atoms with Gasteiger partial charge in [-0.2, -0.15) is 0 Å². The number of hydrogen-bond donors (Lipinski definition) is 1. The molecule has 0 aliphatic heterocycles. The zero-order valence-electron chi connectivity index (χ0n) is 12.2. The summed E-state index contributed by atoms with van der Waals surface area (Å²) in [7, 11) is 0. The van der Waals surface area contributed by atoms with E-state index in [0.29, 0.717) is 12.6 Å². The van der Waals surface area contributed by atoms with Gasteiger partial charge in [-0.05, 0) is 38.8 Å². The second-order valence-corrected chi connectivity index (χ2v) is 6.29. The summed E-state index contributed by atoms with van der Waals surface area (Å²) in [5, 5.41) is 3.01. The van der Waals surface area contributed by atoms with Gasteiger partial charge in [0.15, 0.2) is 0 Å². The molecule has 112 valence electrons. The molecule has 1 aliphatic rings. The van der Waals surface area contributed by atoms with Crippen LogP contribution in [0.15, 0.2) is 28.3 Å². The lowest BCUT2D eigenvalue weighted by molar-refractivity contribution is 0.166. The molecule has 1 atom stereocenters. The number of furan rings is 1. The number of aryl methyl sites for hydroxylation is 1. The SMILES string of the molecule is Cc1ncsc1CNC(=O)N(C1CC1)C(C)c1ccco1. The van der Waals surface area contributed by atoms with Crippen LogP contribution < -0.4 is 5.32 Å². The molecule has 1 saturated carbocycles. The molecular weight excluding hydrogens is 286 g/mol. The largest absolute Gasteiger partial charge is 0.467 e. The van der Waals surface area contributed by atoms with Crippen LogP contribution in [-0.2, 0) is 6.54 Å². The highest BCUT2D eigenvalue weighted by atomic mass is 32.1. The Balaban J connectivity index is 1.66. The molecule has 5 nitrogen and oxygen atoms in total. The maximum absolute atomic E-state index is 12.5. The van der Waals surface area contributed by atoms with E-state index in [1.165, 1.54) is 0 Å². The van der Waals surface area contributed by atoms with E-state index < -0.39 is 0 Å². The van der Waals surface area contributed by atoms with Crippen LogP contribution >= 0.6 is 11.3 Å². The van der Waals surface area contributed by atoms with E-state index in [4.69, 9.17) is 4.42 Å². The summed E-state index contributed by atoms with van der Waals surface area (Å²) >= 11 is 1.57. The van der Waals surface area contributed by atoms with Gasteiger partial charge in [0, 0.05) is 10.9 Å². The van der Waals surface area contributed by atoms with E-state index in [1.54, 1.807) is 23.1 Å². The highest BCUT2D eigenvalue weighted by Crippen LogP contribution is 2.34. The summed E-state index contributed by atoms with van der Waals surface area (Å²) in [6.45, 7) is 4.50. The van der Waals surface area contributed by atoms with Crippen molar-refractivity contribution in [3.05, 3.63) is 40.2 Å². The predicted molar refractivity (Wildman–Crippen MR) is 81.1 cm³/mol. The molecular formula is C15H19N3O2S. The third kappa shape index (κ3) is 3.10. The number of nitrogens with zero attached hydrogens (tertiary/aromatic N) is 2. The van der Waals surface area contributed by atoms with Crippen molar-refractivity contribution in [2.24, 2.45) is 0 Å². The number of carbonyl (C=O) groups is 1. The molecule has 0 saturated heterocycles. The molecule has 6 heteroatoms. The number of amides is 2. The Labute approximate surface area is 128 Å². The van der Waals surface area contributed by atoms with Crippen molar-refractivity contribution >= 4 is 17.4 Å². The van der Waals surface area contributed by atoms with Gasteiger partial charge in [0.25, 0.3) is 0 Å². The minimum Gasteiger partial charge on any atom is -0.467 e. The number of thiazole rings is 1. The lowest BCUT2D eigenvalue weighted by atomic mass is 10.2. The lowest BCUT2D eigenvalue weighted by Gasteiger charge is -2.28. The zero-order chi connectivity index (χ0) is 14.8. The Bertz CT molecular complexity index is 604. The maximum atomic E-state index is 12.5. The first-order valence-electron chi connectivity index (χ1n) is 7.15. The van der Waals surface area contributed by atoms with Crippen LogP contribution in [0.1, 0.15) is 42.1 Å². The number of carbonyl (C=O) groups excluding carboxylic acids is 1. The first-order valence-corrected chi connectivity index (χ1v) is 8.03. The van der Waals surface area contributed by atoms with Crippen LogP contribution in [-0.4, -0.2) is 22.0 Å². The van der Waals surface area contributed by atoms with Crippen LogP contribution in [0.3, 0.4) is 0 Å². The van der Waals surface area contributed by atoms with Gasteiger partial charge in [0.05, 0.1) is 30.1 Å². The van der Waals surface area contributed by atoms with Gasteiger partial charge >= 0.3 is 6.03 Å². The quantitative estimate of drug-likeness (QED) is 0.920. The predicted octanol–water partition coefficient (Wildman–Crippen LogP) is 3.48. The molecule has 2 heterocycles. The lowest BCUT2D eigenvalue weighted by Crippen LogP contribution is -2.42. The van der Waals surface area contributed by atoms with Crippen molar-refractivity contribution in [2.45, 2.75) is 45.3 Å². The molecule has 2 amide bonds. The molecule has 1 fully saturated rings. The van der Waals surface area contributed by atoms with Gasteiger partial charge in [-0.1, -0.05) is 0 Å². The molecule has 0 bridgehead atoms. The Morgan fingerprint density at radius 2 is 2.43 bits per heavy atom. The summed E-state index contributed by atoms with van der Waals surface area (Å²) in [5.41, 5.74) is 2.79. The van der Waals surface area contributed by atoms with Crippen molar-refractivity contribution in [1.29, 1.82) is 0 Å². The molecule has 1 aliphatic carbocycles. The average Bonchev–Trinajstić information content (AvgIpc) is 3.00. The Kier molecular flexibility index (Phi) is 3.96. The van der Waals surface area contributed by atoms with Crippen molar-refractivity contribution in [3.63, 3.8) is 0 Å². The van der Waals surface area contributed by atoms with Crippen LogP contribution in [0, 0.1) is 6.92 Å². The van der Waals surface area contributed by atoms with Crippen molar-refractivity contribution in [1.82, 2.24) is 15.2 Å². The maximum Gasteiger partial charge on any atom is 0.318 e. The standard InChI is InChI=1S/C15H19N3O2S/c1-10-14(21-9-17-10)8-16-15(19)18(12-5-6-12)11(2)13-4-3-7-20-13/h3-4,7,9,11-12H,5-6,8H2,1-2H3,(H,16,19). The molecule has 3 rings (SSSR count). The number of hydrogen-bond acceptors (Lipinski definition) is 4. The molecule has 1 unspecified atom stereocenters. The topological polar surface area (TPSA) is 58.4 Å². The smallest absolute Gasteiger partial charge is 0.318 e. The first kappa shape index (κ1) is 14.1. The highest BCUT2D eigenvalue weighted by Gasteiger charge is 2.37. The minimum absolute atomic E-state index is 0.0331. The fraction of sp³-hybridized carbons (Fsp3) is 0.467. The van der Waals surface area contributed by atoms with Gasteiger partial charge in [-0.3, -0.25) is 0 Å². The fourth-order valence-electron chi connectivity index (χ4n) is 2.42. The molecule has 0 radical (unpaired) electrons. The zero-order valence-corrected chi connectivity index (χ0v) is 13.0. The average molecular weight is 305 g/mol. The third-order valence-electron chi connectivity index (χ3n) is 3.79. The Hall–Kier alpha value is -1.82. The molecule has 0 aromatic carbocycles. The van der Waals surface area contributed by atoms with Crippen LogP contribution in [0.4, 0.5) is 4.79 Å². The van der Waals surface area contributed by atoms with Crippen LogP contribution in [0.2, 0.25) is 0 Å². The third-order valence-corrected chi connectivity index (χ3v) is 4.73. The summed E-state index contributed by atoms with van der Waals surface area (Å²) in [5.74, 6) is 0.825. The summed E-state index contributed by atoms with van der Waals surface area (Å²) < 4.78 is 5.44. The number of urea groups is 1. The van der Waals surface area contributed by atoms with Crippen LogP contribution in [0.5, 0.6) is 0 Å². The number of nitrogens with one attached hydrogen (secondary N) is 1. The minimum atomic E-state index is -0.0462. The second kappa shape index (κ2) is 5.89. The summed E-state index contributed by atoms with van der Waals surface area (Å²) in [4.78, 5) is 19.7. The number of rotatable bonds is 5. The monoisotopic (exact) mass is 305 g/mol. The molecule has 2 aromatic heterocycles. The van der Waals surface area contributed by atoms with E-state index in [0.717, 1.165) is 29.2 Å². The van der Waals surface area contributed by atoms with E-state index in [2.05, 4.69) is 10.3 Å². The van der Waals surface area contributed by atoms with E-state index >= 15 is 0 Å². The van der Waals surface area contributed by atoms with Crippen molar-refractivity contribution < 1.29 is 9.21 Å². The normalized spacial score (nSPS) is 15.7. The Morgan fingerprint density at radius 3 is 3.00 bits per heavy atom. The van der Waals surface area contributed by atoms with E-state index in [9.17, 15) is 4.79 Å². The van der Waals surface area contributed by atoms with Gasteiger partial charge in [-0.25, -0.2) is 9.78 Å². The van der Waals surface area contributed by atoms with Crippen LogP contribution in [0.25, 0.3) is 0 Å². The van der Waals surface area contributed by atoms with Crippen molar-refractivity contribution in [2.75, 3.05) is 0 Å². The fourth-order valence-corrected chi connectivity index (χ4v) is 3.14. The highest BCUT2D eigenvalue weighted by molar-refractivity contribution is 7.09. The summed E-state index contributed by atoms with van der Waals surface area (Å²) in [6, 6.07) is 4.02. The Morgan fingerprint density at radius 1 is 1.62 bits per heavy atom. The van der Waals surface area contributed by atoms with E-state index in [1.807, 2.05) is 30.9 Å². The molecule has 2 aromatic rings. The molecule has 21 heavy (non-hydrogen) atoms.